The summed E-state index contributed by atoms with van der Waals surface area (Å²) < 4.78 is 31.4. The topological polar surface area (TPSA) is 86.8 Å². The van der Waals surface area contributed by atoms with E-state index in [1.54, 1.807) is 0 Å². The van der Waals surface area contributed by atoms with Crippen LogP contribution in [0, 0.1) is 16.7 Å². The maximum atomic E-state index is 11.8. The summed E-state index contributed by atoms with van der Waals surface area (Å²) in [5, 5.41) is 11.4. The highest BCUT2D eigenvalue weighted by Crippen LogP contribution is 2.73. The first kappa shape index (κ1) is 20.1. The molecule has 2 saturated carbocycles. The number of carbonyl (C=O) groups excluding carboxylic acids is 1. The van der Waals surface area contributed by atoms with Crippen molar-refractivity contribution in [3.63, 3.8) is 0 Å². The van der Waals surface area contributed by atoms with Gasteiger partial charge in [0.2, 0.25) is 0 Å². The molecule has 2 bridgehead atoms. The number of epoxide rings is 1. The zero-order valence-electron chi connectivity index (χ0n) is 18.2. The van der Waals surface area contributed by atoms with Gasteiger partial charge in [-0.2, -0.15) is 0 Å². The van der Waals surface area contributed by atoms with E-state index in [0.29, 0.717) is 26.1 Å². The lowest BCUT2D eigenvalue weighted by molar-refractivity contribution is -0.378. The van der Waals surface area contributed by atoms with E-state index in [0.717, 1.165) is 5.56 Å². The standard InChI is InChI=1S/C24H30O7/c1-13-9-17-23(11-27-21(31-20(23)18(13)26)15-7-5-4-6-8-15)22(3)10-16(29-14(2)25)19(30-17)24(22)12-28-24/h4-8,13,16-21,26H,9-12H2,1-3H3/t13-,16-,17-,18-,19-,20-,21?,22-,23-,24?/m1/s1. The Balaban J connectivity index is 1.43. The molecular weight excluding hydrogens is 400 g/mol. The number of aliphatic hydroxyl groups excluding tert-OH is 1. The van der Waals surface area contributed by atoms with Crippen molar-refractivity contribution >= 4 is 5.97 Å². The van der Waals surface area contributed by atoms with E-state index in [-0.39, 0.29) is 30.2 Å². The summed E-state index contributed by atoms with van der Waals surface area (Å²) >= 11 is 0. The fourth-order valence-electron chi connectivity index (χ4n) is 7.16. The van der Waals surface area contributed by atoms with E-state index in [1.807, 2.05) is 37.3 Å². The third kappa shape index (κ3) is 2.44. The third-order valence-corrected chi connectivity index (χ3v) is 8.83. The van der Waals surface area contributed by atoms with E-state index < -0.39 is 34.9 Å². The Kier molecular flexibility index (Phi) is 4.23. The Morgan fingerprint density at radius 2 is 1.90 bits per heavy atom. The van der Waals surface area contributed by atoms with Gasteiger partial charge in [-0.25, -0.2) is 0 Å². The quantitative estimate of drug-likeness (QED) is 0.569. The molecule has 1 aromatic rings. The molecule has 2 unspecified atom stereocenters. The van der Waals surface area contributed by atoms with Gasteiger partial charge in [0.05, 0.1) is 36.9 Å². The first-order valence-corrected chi connectivity index (χ1v) is 11.3. The number of hydrogen-bond acceptors (Lipinski definition) is 7. The van der Waals surface area contributed by atoms with Crippen LogP contribution in [0.5, 0.6) is 0 Å². The van der Waals surface area contributed by atoms with Crippen LogP contribution in [-0.4, -0.2) is 60.4 Å². The Bertz CT molecular complexity index is 885. The number of esters is 1. The second-order valence-electron chi connectivity index (χ2n) is 10.3. The number of hydrogen-bond donors (Lipinski definition) is 1. The Morgan fingerprint density at radius 3 is 2.58 bits per heavy atom. The highest BCUT2D eigenvalue weighted by Gasteiger charge is 2.85. The fraction of sp³-hybridized carbons (Fsp3) is 0.708. The van der Waals surface area contributed by atoms with Gasteiger partial charge in [-0.1, -0.05) is 44.2 Å². The number of rotatable bonds is 2. The summed E-state index contributed by atoms with van der Waals surface area (Å²) in [5.74, 6) is -0.298. The van der Waals surface area contributed by atoms with Crippen molar-refractivity contribution in [2.75, 3.05) is 13.2 Å². The van der Waals surface area contributed by atoms with Gasteiger partial charge in [0.15, 0.2) is 6.29 Å². The van der Waals surface area contributed by atoms with E-state index in [9.17, 15) is 9.90 Å². The molecule has 3 aliphatic heterocycles. The molecule has 5 aliphatic rings. The molecule has 1 aromatic carbocycles. The molecule has 7 nitrogen and oxygen atoms in total. The van der Waals surface area contributed by atoms with Crippen molar-refractivity contribution in [3.8, 4) is 0 Å². The van der Waals surface area contributed by atoms with Gasteiger partial charge in [0.25, 0.3) is 0 Å². The van der Waals surface area contributed by atoms with Crippen molar-refractivity contribution < 1.29 is 33.6 Å². The molecular formula is C24H30O7. The predicted octanol–water partition coefficient (Wildman–Crippen LogP) is 2.37. The van der Waals surface area contributed by atoms with Gasteiger partial charge < -0.3 is 28.8 Å². The summed E-state index contributed by atoms with van der Waals surface area (Å²) in [6.45, 7) is 6.62. The first-order valence-electron chi connectivity index (χ1n) is 11.3. The van der Waals surface area contributed by atoms with E-state index >= 15 is 0 Å². The van der Waals surface area contributed by atoms with Crippen LogP contribution in [0.3, 0.4) is 0 Å². The Labute approximate surface area is 181 Å². The number of carbonyl (C=O) groups is 1. The second kappa shape index (κ2) is 6.51. The predicted molar refractivity (Wildman–Crippen MR) is 108 cm³/mol. The molecule has 10 atom stereocenters. The van der Waals surface area contributed by atoms with Gasteiger partial charge in [-0.3, -0.25) is 4.79 Å². The maximum absolute atomic E-state index is 11.8. The average Bonchev–Trinajstić information content (AvgIpc) is 3.53. The summed E-state index contributed by atoms with van der Waals surface area (Å²) in [4.78, 5) is 11.8. The van der Waals surface area contributed by atoms with Crippen molar-refractivity contribution in [3.05, 3.63) is 35.9 Å². The van der Waals surface area contributed by atoms with Crippen LogP contribution in [0.1, 0.15) is 45.5 Å². The summed E-state index contributed by atoms with van der Waals surface area (Å²) in [6.07, 6.45) is -1.19. The van der Waals surface area contributed by atoms with E-state index in [4.69, 9.17) is 23.7 Å². The second-order valence-corrected chi connectivity index (χ2v) is 10.3. The van der Waals surface area contributed by atoms with Crippen LogP contribution < -0.4 is 0 Å². The Morgan fingerprint density at radius 1 is 1.16 bits per heavy atom. The average molecular weight is 430 g/mol. The molecule has 3 heterocycles. The lowest BCUT2D eigenvalue weighted by atomic mass is 9.48. The smallest absolute Gasteiger partial charge is 0.302 e. The maximum Gasteiger partial charge on any atom is 0.302 e. The molecule has 7 heteroatoms. The largest absolute Gasteiger partial charge is 0.460 e. The molecule has 31 heavy (non-hydrogen) atoms. The fourth-order valence-corrected chi connectivity index (χ4v) is 7.16. The van der Waals surface area contributed by atoms with Crippen LogP contribution in [0.15, 0.2) is 30.3 Å². The Hall–Kier alpha value is -1.51. The first-order chi connectivity index (χ1) is 14.8. The minimum Gasteiger partial charge on any atom is -0.460 e. The number of benzene rings is 1. The van der Waals surface area contributed by atoms with Crippen molar-refractivity contribution in [1.82, 2.24) is 0 Å². The summed E-state index contributed by atoms with van der Waals surface area (Å²) in [5.41, 5.74) is -0.609. The van der Waals surface area contributed by atoms with Crippen LogP contribution in [0.4, 0.5) is 0 Å². The van der Waals surface area contributed by atoms with Crippen LogP contribution in [-0.2, 0) is 28.5 Å². The highest BCUT2D eigenvalue weighted by molar-refractivity contribution is 5.66. The van der Waals surface area contributed by atoms with Crippen molar-refractivity contribution in [2.45, 2.75) is 76.0 Å². The molecule has 0 radical (unpaired) electrons. The zero-order valence-corrected chi connectivity index (χ0v) is 18.2. The molecule has 0 amide bonds. The number of ether oxygens (including phenoxy) is 5. The van der Waals surface area contributed by atoms with Gasteiger partial charge >= 0.3 is 5.97 Å². The van der Waals surface area contributed by atoms with Gasteiger partial charge in [0.1, 0.15) is 17.8 Å². The molecule has 1 N–H and O–H groups in total. The third-order valence-electron chi connectivity index (χ3n) is 8.83. The molecule has 168 valence electrons. The van der Waals surface area contributed by atoms with Gasteiger partial charge in [-0.05, 0) is 18.8 Å². The minimum atomic E-state index is -0.646. The SMILES string of the molecule is CC(=O)O[C@@H]1C[C@@]2(C)C3(CO3)[C@@H]1O[C@@H]1C[C@@H](C)[C@@H](O)[C@H]3OC(c4ccccc4)OC[C@]312. The van der Waals surface area contributed by atoms with Crippen LogP contribution >= 0.6 is 0 Å². The minimum absolute atomic E-state index is 0.0157. The molecule has 2 aliphatic carbocycles. The van der Waals surface area contributed by atoms with Gasteiger partial charge in [-0.15, -0.1) is 0 Å². The molecule has 3 saturated heterocycles. The van der Waals surface area contributed by atoms with Gasteiger partial charge in [0, 0.05) is 17.9 Å². The molecule has 0 aromatic heterocycles. The van der Waals surface area contributed by atoms with Crippen molar-refractivity contribution in [2.24, 2.45) is 16.7 Å². The molecule has 2 spiro atoms. The van der Waals surface area contributed by atoms with Crippen LogP contribution in [0.25, 0.3) is 0 Å². The zero-order chi connectivity index (χ0) is 21.6. The van der Waals surface area contributed by atoms with E-state index in [2.05, 4.69) is 6.92 Å². The lowest BCUT2D eigenvalue weighted by Gasteiger charge is -2.65. The van der Waals surface area contributed by atoms with Crippen LogP contribution in [0.2, 0.25) is 0 Å². The highest BCUT2D eigenvalue weighted by atomic mass is 16.7. The normalized spacial score (nSPS) is 52.3. The molecule has 5 fully saturated rings. The summed E-state index contributed by atoms with van der Waals surface area (Å²) in [6, 6.07) is 9.83. The summed E-state index contributed by atoms with van der Waals surface area (Å²) in [7, 11) is 0. The van der Waals surface area contributed by atoms with E-state index in [1.165, 1.54) is 6.92 Å². The molecule has 6 rings (SSSR count). The lowest BCUT2D eigenvalue weighted by Crippen LogP contribution is -2.74. The monoisotopic (exact) mass is 430 g/mol. The van der Waals surface area contributed by atoms with Crippen molar-refractivity contribution in [1.29, 1.82) is 0 Å². The number of aliphatic hydroxyl groups is 1.